The molecule has 0 fully saturated rings. The zero-order chi connectivity index (χ0) is 20.3. The number of aromatic nitrogens is 3. The van der Waals surface area contributed by atoms with Gasteiger partial charge < -0.3 is 9.88 Å². The highest BCUT2D eigenvalue weighted by atomic mass is 32.1. The first-order valence-corrected chi connectivity index (χ1v) is 10.6. The fourth-order valence-electron chi connectivity index (χ4n) is 3.16. The van der Waals surface area contributed by atoms with E-state index in [4.69, 9.17) is 12.2 Å². The van der Waals surface area contributed by atoms with Gasteiger partial charge in [0, 0.05) is 12.6 Å². The zero-order valence-electron chi connectivity index (χ0n) is 16.3. The van der Waals surface area contributed by atoms with Crippen molar-refractivity contribution in [3.05, 3.63) is 56.0 Å². The fourth-order valence-corrected chi connectivity index (χ4v) is 4.57. The van der Waals surface area contributed by atoms with Crippen LogP contribution in [0.5, 0.6) is 0 Å². The molecule has 0 bridgehead atoms. The lowest BCUT2D eigenvalue weighted by molar-refractivity contribution is -0.122. The molecule has 0 aliphatic carbocycles. The molecule has 0 saturated heterocycles. The second-order valence-electron chi connectivity index (χ2n) is 6.81. The van der Waals surface area contributed by atoms with E-state index in [0.717, 1.165) is 12.8 Å². The average molecular weight is 417 g/mol. The first-order chi connectivity index (χ1) is 13.4. The Morgan fingerprint density at radius 2 is 2.00 bits per heavy atom. The van der Waals surface area contributed by atoms with Crippen LogP contribution in [0.25, 0.3) is 10.3 Å². The Morgan fingerprint density at radius 3 is 2.68 bits per heavy atom. The molecule has 1 aromatic carbocycles. The van der Waals surface area contributed by atoms with E-state index < -0.39 is 0 Å². The number of hydrogen-bond acceptors (Lipinski definition) is 5. The molecule has 0 saturated carbocycles. The minimum absolute atomic E-state index is 0.0173. The Morgan fingerprint density at radius 1 is 1.29 bits per heavy atom. The van der Waals surface area contributed by atoms with Gasteiger partial charge in [0.2, 0.25) is 5.91 Å². The number of rotatable bonds is 7. The van der Waals surface area contributed by atoms with Gasteiger partial charge in [0.1, 0.15) is 17.1 Å². The van der Waals surface area contributed by atoms with Crippen LogP contribution in [0.2, 0.25) is 0 Å². The predicted octanol–water partition coefficient (Wildman–Crippen LogP) is 3.45. The standard InChI is InChI=1S/C20H24N4O2S2/c1-4-23-18-17(28-20(23)27)19(26)24(14(3)22-18)12-16(25)21-13(2)10-11-15-8-6-5-7-9-15/h5-9,13H,4,10-12H2,1-3H3,(H,21,25)/t13-/m0/s1. The number of carbonyl (C=O) groups excluding carboxylic acids is 1. The van der Waals surface area contributed by atoms with E-state index in [-0.39, 0.29) is 24.1 Å². The van der Waals surface area contributed by atoms with Gasteiger partial charge in [-0.2, -0.15) is 0 Å². The molecule has 0 spiro atoms. The molecule has 28 heavy (non-hydrogen) atoms. The Labute approximate surface area is 172 Å². The number of thiazole rings is 1. The monoisotopic (exact) mass is 416 g/mol. The number of aryl methyl sites for hydroxylation is 3. The summed E-state index contributed by atoms with van der Waals surface area (Å²) in [6.45, 7) is 6.31. The molecule has 2 aromatic heterocycles. The molecular weight excluding hydrogens is 392 g/mol. The Hall–Kier alpha value is -2.32. The lowest BCUT2D eigenvalue weighted by Gasteiger charge is -2.15. The van der Waals surface area contributed by atoms with E-state index >= 15 is 0 Å². The Balaban J connectivity index is 1.70. The van der Waals surface area contributed by atoms with Crippen molar-refractivity contribution in [2.24, 2.45) is 0 Å². The molecule has 3 aromatic rings. The summed E-state index contributed by atoms with van der Waals surface area (Å²) in [5.74, 6) is 0.324. The van der Waals surface area contributed by atoms with Crippen LogP contribution in [-0.2, 0) is 24.3 Å². The summed E-state index contributed by atoms with van der Waals surface area (Å²) in [5, 5.41) is 2.98. The molecule has 6 nitrogen and oxygen atoms in total. The average Bonchev–Trinajstić information content (AvgIpc) is 2.99. The van der Waals surface area contributed by atoms with Gasteiger partial charge in [-0.15, -0.1) is 0 Å². The van der Waals surface area contributed by atoms with Crippen LogP contribution in [0.3, 0.4) is 0 Å². The van der Waals surface area contributed by atoms with Crippen LogP contribution in [0.4, 0.5) is 0 Å². The van der Waals surface area contributed by atoms with Gasteiger partial charge in [-0.3, -0.25) is 14.2 Å². The van der Waals surface area contributed by atoms with Crippen molar-refractivity contribution in [1.82, 2.24) is 19.4 Å². The van der Waals surface area contributed by atoms with E-state index in [9.17, 15) is 9.59 Å². The molecule has 0 radical (unpaired) electrons. The number of amides is 1. The molecule has 1 N–H and O–H groups in total. The van der Waals surface area contributed by atoms with Crippen LogP contribution in [0.15, 0.2) is 35.1 Å². The quantitative estimate of drug-likeness (QED) is 0.599. The summed E-state index contributed by atoms with van der Waals surface area (Å²) in [4.78, 5) is 29.9. The van der Waals surface area contributed by atoms with Crippen molar-refractivity contribution in [3.63, 3.8) is 0 Å². The molecule has 0 aliphatic rings. The minimum Gasteiger partial charge on any atom is -0.352 e. The topological polar surface area (TPSA) is 68.9 Å². The Kier molecular flexibility index (Phi) is 6.41. The van der Waals surface area contributed by atoms with Gasteiger partial charge in [-0.1, -0.05) is 41.7 Å². The molecule has 1 atom stereocenters. The minimum atomic E-state index is -0.210. The van der Waals surface area contributed by atoms with Crippen molar-refractivity contribution in [3.8, 4) is 0 Å². The first-order valence-electron chi connectivity index (χ1n) is 9.34. The lowest BCUT2D eigenvalue weighted by Crippen LogP contribution is -2.38. The predicted molar refractivity (Wildman–Crippen MR) is 115 cm³/mol. The van der Waals surface area contributed by atoms with Crippen molar-refractivity contribution >= 4 is 39.8 Å². The second-order valence-corrected chi connectivity index (χ2v) is 8.45. The number of benzene rings is 1. The first kappa shape index (κ1) is 20.4. The molecule has 1 amide bonds. The third-order valence-electron chi connectivity index (χ3n) is 4.70. The maximum absolute atomic E-state index is 12.9. The van der Waals surface area contributed by atoms with Gasteiger partial charge >= 0.3 is 0 Å². The maximum atomic E-state index is 12.9. The molecule has 3 rings (SSSR count). The number of carbonyl (C=O) groups is 1. The molecule has 0 aliphatic heterocycles. The summed E-state index contributed by atoms with van der Waals surface area (Å²) in [7, 11) is 0. The largest absolute Gasteiger partial charge is 0.352 e. The smallest absolute Gasteiger partial charge is 0.273 e. The van der Waals surface area contributed by atoms with E-state index in [0.29, 0.717) is 26.7 Å². The zero-order valence-corrected chi connectivity index (χ0v) is 17.9. The van der Waals surface area contributed by atoms with Crippen LogP contribution < -0.4 is 10.9 Å². The van der Waals surface area contributed by atoms with Gasteiger partial charge in [0.25, 0.3) is 5.56 Å². The van der Waals surface area contributed by atoms with E-state index in [1.807, 2.05) is 36.6 Å². The van der Waals surface area contributed by atoms with E-state index in [1.165, 1.54) is 21.5 Å². The normalized spacial score (nSPS) is 12.2. The highest BCUT2D eigenvalue weighted by molar-refractivity contribution is 7.73. The van der Waals surface area contributed by atoms with Crippen molar-refractivity contribution in [2.45, 2.75) is 52.7 Å². The SMILES string of the molecule is CCn1c(=S)sc2c(=O)n(CC(=O)N[C@@H](C)CCc3ccccc3)c(C)nc21. The summed E-state index contributed by atoms with van der Waals surface area (Å²) in [6.07, 6.45) is 1.73. The summed E-state index contributed by atoms with van der Waals surface area (Å²) < 4.78 is 4.40. The van der Waals surface area contributed by atoms with E-state index in [2.05, 4.69) is 22.4 Å². The van der Waals surface area contributed by atoms with Crippen LogP contribution >= 0.6 is 23.6 Å². The van der Waals surface area contributed by atoms with Crippen LogP contribution in [0.1, 0.15) is 31.7 Å². The molecule has 8 heteroatoms. The van der Waals surface area contributed by atoms with Crippen molar-refractivity contribution < 1.29 is 4.79 Å². The van der Waals surface area contributed by atoms with Gasteiger partial charge in [0.05, 0.1) is 0 Å². The fraction of sp³-hybridized carbons (Fsp3) is 0.400. The summed E-state index contributed by atoms with van der Waals surface area (Å²) >= 11 is 6.58. The van der Waals surface area contributed by atoms with Crippen LogP contribution in [-0.4, -0.2) is 26.1 Å². The summed E-state index contributed by atoms with van der Waals surface area (Å²) in [5.41, 5.74) is 1.64. The third-order valence-corrected chi connectivity index (χ3v) is 6.13. The Bertz CT molecular complexity index is 1100. The maximum Gasteiger partial charge on any atom is 0.273 e. The van der Waals surface area contributed by atoms with Gasteiger partial charge in [-0.25, -0.2) is 4.98 Å². The highest BCUT2D eigenvalue weighted by Gasteiger charge is 2.16. The van der Waals surface area contributed by atoms with Crippen LogP contribution in [0, 0.1) is 10.9 Å². The number of hydrogen-bond donors (Lipinski definition) is 1. The second kappa shape index (κ2) is 8.79. The highest BCUT2D eigenvalue weighted by Crippen LogP contribution is 2.18. The van der Waals surface area contributed by atoms with E-state index in [1.54, 1.807) is 6.92 Å². The lowest BCUT2D eigenvalue weighted by atomic mass is 10.1. The third kappa shape index (κ3) is 4.39. The molecule has 0 unspecified atom stereocenters. The van der Waals surface area contributed by atoms with Crippen molar-refractivity contribution in [1.29, 1.82) is 0 Å². The summed E-state index contributed by atoms with van der Waals surface area (Å²) in [6, 6.07) is 10.2. The molecule has 2 heterocycles. The number of nitrogens with one attached hydrogen (secondary N) is 1. The molecule has 148 valence electrons. The van der Waals surface area contributed by atoms with Crippen molar-refractivity contribution in [2.75, 3.05) is 0 Å². The molecular formula is C20H24N4O2S2. The van der Waals surface area contributed by atoms with Gasteiger partial charge in [-0.05, 0) is 51.4 Å². The van der Waals surface area contributed by atoms with Gasteiger partial charge in [0.15, 0.2) is 9.60 Å². The number of fused-ring (bicyclic) bond motifs is 1. The number of nitrogens with zero attached hydrogens (tertiary/aromatic N) is 3.